The Morgan fingerprint density at radius 3 is 3.05 bits per heavy atom. The molecule has 1 heterocycles. The standard InChI is InChI=1S/C13H14BrFN2O2/c1-2-16-7-10-6-11(19-17-10)8-18-13-5-9(15)3-4-12(13)14/h3-6,16H,2,7-8H2,1H3. The Kier molecular flexibility index (Phi) is 4.93. The fraction of sp³-hybridized carbons (Fsp3) is 0.308. The number of nitrogens with zero attached hydrogens (tertiary/aromatic N) is 1. The van der Waals surface area contributed by atoms with Crippen LogP contribution in [-0.4, -0.2) is 11.7 Å². The molecule has 1 N–H and O–H groups in total. The quantitative estimate of drug-likeness (QED) is 0.884. The zero-order valence-electron chi connectivity index (χ0n) is 10.5. The second-order valence-electron chi connectivity index (χ2n) is 3.93. The minimum absolute atomic E-state index is 0.210. The molecule has 2 aromatic rings. The molecule has 19 heavy (non-hydrogen) atoms. The van der Waals surface area contributed by atoms with Crippen molar-refractivity contribution in [3.63, 3.8) is 0 Å². The molecule has 0 saturated carbocycles. The van der Waals surface area contributed by atoms with Crippen LogP contribution in [0.15, 0.2) is 33.3 Å². The van der Waals surface area contributed by atoms with Crippen LogP contribution in [0.2, 0.25) is 0 Å². The first-order chi connectivity index (χ1) is 9.19. The lowest BCUT2D eigenvalue weighted by molar-refractivity contribution is 0.246. The number of hydrogen-bond donors (Lipinski definition) is 1. The summed E-state index contributed by atoms with van der Waals surface area (Å²) in [7, 11) is 0. The Bertz CT molecular complexity index is 545. The molecule has 0 aliphatic carbocycles. The van der Waals surface area contributed by atoms with Crippen LogP contribution in [-0.2, 0) is 13.2 Å². The van der Waals surface area contributed by atoms with E-state index in [1.807, 2.05) is 13.0 Å². The number of ether oxygens (including phenoxy) is 1. The molecule has 0 unspecified atom stereocenters. The van der Waals surface area contributed by atoms with Gasteiger partial charge in [-0.05, 0) is 34.6 Å². The van der Waals surface area contributed by atoms with Crippen LogP contribution >= 0.6 is 15.9 Å². The summed E-state index contributed by atoms with van der Waals surface area (Å²) in [5.41, 5.74) is 0.818. The second kappa shape index (κ2) is 6.68. The summed E-state index contributed by atoms with van der Waals surface area (Å²) in [5, 5.41) is 7.05. The Balaban J connectivity index is 1.94. The number of aromatic nitrogens is 1. The van der Waals surface area contributed by atoms with Crippen LogP contribution in [0.25, 0.3) is 0 Å². The van der Waals surface area contributed by atoms with Crippen molar-refractivity contribution >= 4 is 15.9 Å². The molecule has 102 valence electrons. The van der Waals surface area contributed by atoms with Gasteiger partial charge in [0.1, 0.15) is 18.2 Å². The van der Waals surface area contributed by atoms with Gasteiger partial charge in [-0.25, -0.2) is 4.39 Å². The molecule has 1 aromatic carbocycles. The molecule has 1 aromatic heterocycles. The second-order valence-corrected chi connectivity index (χ2v) is 4.78. The molecule has 0 radical (unpaired) electrons. The minimum atomic E-state index is -0.344. The molecule has 4 nitrogen and oxygen atoms in total. The van der Waals surface area contributed by atoms with E-state index in [2.05, 4.69) is 26.4 Å². The highest BCUT2D eigenvalue weighted by molar-refractivity contribution is 9.10. The van der Waals surface area contributed by atoms with Gasteiger partial charge < -0.3 is 14.6 Å². The Labute approximate surface area is 119 Å². The Morgan fingerprint density at radius 2 is 2.26 bits per heavy atom. The van der Waals surface area contributed by atoms with Gasteiger partial charge >= 0.3 is 0 Å². The van der Waals surface area contributed by atoms with Gasteiger partial charge in [-0.2, -0.15) is 0 Å². The van der Waals surface area contributed by atoms with E-state index in [1.54, 1.807) is 6.07 Å². The first kappa shape index (κ1) is 14.0. The molecular formula is C13H14BrFN2O2. The molecule has 0 aliphatic rings. The Morgan fingerprint density at radius 1 is 1.42 bits per heavy atom. The summed E-state index contributed by atoms with van der Waals surface area (Å²) in [6, 6.07) is 6.09. The maximum atomic E-state index is 13.1. The third kappa shape index (κ3) is 4.04. The average Bonchev–Trinajstić information content (AvgIpc) is 2.85. The highest BCUT2D eigenvalue weighted by Gasteiger charge is 2.07. The van der Waals surface area contributed by atoms with Crippen LogP contribution in [0.3, 0.4) is 0 Å². The van der Waals surface area contributed by atoms with Gasteiger partial charge in [-0.3, -0.25) is 0 Å². The predicted octanol–water partition coefficient (Wildman–Crippen LogP) is 3.26. The van der Waals surface area contributed by atoms with Crippen LogP contribution < -0.4 is 10.1 Å². The largest absolute Gasteiger partial charge is 0.484 e. The molecule has 2 rings (SSSR count). The molecule has 0 saturated heterocycles. The Hall–Kier alpha value is -1.40. The fourth-order valence-corrected chi connectivity index (χ4v) is 1.86. The number of benzene rings is 1. The summed E-state index contributed by atoms with van der Waals surface area (Å²) >= 11 is 3.30. The summed E-state index contributed by atoms with van der Waals surface area (Å²) in [5.74, 6) is 0.692. The summed E-state index contributed by atoms with van der Waals surface area (Å²) in [4.78, 5) is 0. The number of halogens is 2. The predicted molar refractivity (Wildman–Crippen MR) is 72.3 cm³/mol. The molecule has 0 spiro atoms. The molecule has 0 aliphatic heterocycles. The third-order valence-corrected chi connectivity index (χ3v) is 3.08. The van der Waals surface area contributed by atoms with Crippen molar-refractivity contribution in [3.05, 3.63) is 46.0 Å². The fourth-order valence-electron chi connectivity index (χ4n) is 1.50. The average molecular weight is 329 g/mol. The first-order valence-electron chi connectivity index (χ1n) is 5.92. The van der Waals surface area contributed by atoms with Gasteiger partial charge in [0.05, 0.1) is 10.2 Å². The van der Waals surface area contributed by atoms with Crippen molar-refractivity contribution < 1.29 is 13.7 Å². The molecule has 0 atom stereocenters. The van der Waals surface area contributed by atoms with Crippen LogP contribution in [0.5, 0.6) is 5.75 Å². The number of nitrogens with one attached hydrogen (secondary N) is 1. The van der Waals surface area contributed by atoms with Crippen LogP contribution in [0, 0.1) is 5.82 Å². The lowest BCUT2D eigenvalue weighted by Crippen LogP contribution is -2.11. The molecule has 0 fully saturated rings. The molecule has 6 heteroatoms. The number of rotatable bonds is 6. The van der Waals surface area contributed by atoms with Gasteiger partial charge in [-0.15, -0.1) is 0 Å². The zero-order valence-corrected chi connectivity index (χ0v) is 12.0. The van der Waals surface area contributed by atoms with Crippen molar-refractivity contribution in [2.45, 2.75) is 20.1 Å². The molecule has 0 bridgehead atoms. The lowest BCUT2D eigenvalue weighted by Gasteiger charge is -2.05. The van der Waals surface area contributed by atoms with E-state index in [-0.39, 0.29) is 12.4 Å². The third-order valence-electron chi connectivity index (χ3n) is 2.43. The lowest BCUT2D eigenvalue weighted by atomic mass is 10.3. The van der Waals surface area contributed by atoms with Gasteiger partial charge in [0, 0.05) is 18.7 Å². The van der Waals surface area contributed by atoms with E-state index in [4.69, 9.17) is 9.26 Å². The van der Waals surface area contributed by atoms with Crippen LogP contribution in [0.1, 0.15) is 18.4 Å². The summed E-state index contributed by atoms with van der Waals surface area (Å²) in [6.07, 6.45) is 0. The highest BCUT2D eigenvalue weighted by Crippen LogP contribution is 2.26. The van der Waals surface area contributed by atoms with Crippen molar-refractivity contribution in [1.29, 1.82) is 0 Å². The monoisotopic (exact) mass is 328 g/mol. The summed E-state index contributed by atoms with van der Waals surface area (Å²) in [6.45, 7) is 3.76. The maximum Gasteiger partial charge on any atom is 0.174 e. The van der Waals surface area contributed by atoms with Crippen molar-refractivity contribution in [3.8, 4) is 5.75 Å². The van der Waals surface area contributed by atoms with Gasteiger partial charge in [0.2, 0.25) is 0 Å². The van der Waals surface area contributed by atoms with Gasteiger partial charge in [0.15, 0.2) is 5.76 Å². The van der Waals surface area contributed by atoms with E-state index in [0.29, 0.717) is 22.5 Å². The van der Waals surface area contributed by atoms with Crippen molar-refractivity contribution in [2.24, 2.45) is 0 Å². The highest BCUT2D eigenvalue weighted by atomic mass is 79.9. The molecule has 0 amide bonds. The van der Waals surface area contributed by atoms with Crippen LogP contribution in [0.4, 0.5) is 4.39 Å². The normalized spacial score (nSPS) is 10.7. The van der Waals surface area contributed by atoms with E-state index >= 15 is 0 Å². The smallest absolute Gasteiger partial charge is 0.174 e. The SMILES string of the molecule is CCNCc1cc(COc2cc(F)ccc2Br)on1. The number of hydrogen-bond acceptors (Lipinski definition) is 4. The van der Waals surface area contributed by atoms with Gasteiger partial charge in [-0.1, -0.05) is 12.1 Å². The molecular weight excluding hydrogens is 315 g/mol. The summed E-state index contributed by atoms with van der Waals surface area (Å²) < 4.78 is 24.4. The van der Waals surface area contributed by atoms with Gasteiger partial charge in [0.25, 0.3) is 0 Å². The zero-order chi connectivity index (χ0) is 13.7. The van der Waals surface area contributed by atoms with E-state index in [0.717, 1.165) is 12.2 Å². The van der Waals surface area contributed by atoms with E-state index in [1.165, 1.54) is 12.1 Å². The van der Waals surface area contributed by atoms with E-state index in [9.17, 15) is 4.39 Å². The first-order valence-corrected chi connectivity index (χ1v) is 6.71. The van der Waals surface area contributed by atoms with E-state index < -0.39 is 0 Å². The van der Waals surface area contributed by atoms with Crippen molar-refractivity contribution in [2.75, 3.05) is 6.54 Å². The maximum absolute atomic E-state index is 13.1. The minimum Gasteiger partial charge on any atom is -0.484 e. The topological polar surface area (TPSA) is 47.3 Å². The van der Waals surface area contributed by atoms with Crippen molar-refractivity contribution in [1.82, 2.24) is 10.5 Å².